The van der Waals surface area contributed by atoms with Gasteiger partial charge in [0, 0.05) is 58.8 Å². The van der Waals surface area contributed by atoms with E-state index in [4.69, 9.17) is 4.98 Å². The summed E-state index contributed by atoms with van der Waals surface area (Å²) >= 11 is 0. The van der Waals surface area contributed by atoms with E-state index in [2.05, 4.69) is 78.4 Å². The predicted molar refractivity (Wildman–Crippen MR) is 132 cm³/mol. The highest BCUT2D eigenvalue weighted by atomic mass is 16.2. The van der Waals surface area contributed by atoms with Crippen molar-refractivity contribution in [2.75, 3.05) is 49.6 Å². The fourth-order valence-electron chi connectivity index (χ4n) is 4.46. The molecule has 0 saturated carbocycles. The van der Waals surface area contributed by atoms with E-state index < -0.39 is 0 Å². The van der Waals surface area contributed by atoms with Crippen LogP contribution in [0.15, 0.2) is 48.8 Å². The molecule has 1 aromatic heterocycles. The van der Waals surface area contributed by atoms with Gasteiger partial charge in [-0.3, -0.25) is 9.69 Å². The van der Waals surface area contributed by atoms with Gasteiger partial charge >= 0.3 is 0 Å². The fraction of sp³-hybridized carbons (Fsp3) is 0.462. The van der Waals surface area contributed by atoms with Crippen LogP contribution in [0.3, 0.4) is 0 Å². The number of piperazine rings is 1. The standard InChI is InChI=1S/C26H35N5O/c1-19-28(6)25-24(31(19)18-26(3,4)5)11-10-23(27-25)22-9-7-8-21(16-22)17-29-12-14-30(15-13-29)20(2)32/h7-11,16H,1,12-15,17-18H2,2-6H3. The Morgan fingerprint density at radius 3 is 2.47 bits per heavy atom. The van der Waals surface area contributed by atoms with E-state index in [1.807, 2.05) is 11.9 Å². The van der Waals surface area contributed by atoms with Crippen LogP contribution in [0.4, 0.5) is 11.5 Å². The first kappa shape index (κ1) is 22.3. The molecule has 0 radical (unpaired) electrons. The number of nitrogens with zero attached hydrogens (tertiary/aromatic N) is 5. The van der Waals surface area contributed by atoms with E-state index in [0.717, 1.165) is 67.9 Å². The average Bonchev–Trinajstić information content (AvgIpc) is 2.97. The van der Waals surface area contributed by atoms with Gasteiger partial charge in [-0.1, -0.05) is 45.5 Å². The minimum Gasteiger partial charge on any atom is -0.340 e. The zero-order valence-electron chi connectivity index (χ0n) is 20.1. The molecule has 0 N–H and O–H groups in total. The molecule has 2 aromatic rings. The number of carbonyl (C=O) groups is 1. The van der Waals surface area contributed by atoms with Crippen LogP contribution in [-0.2, 0) is 11.3 Å². The number of hydrogen-bond donors (Lipinski definition) is 0. The Hall–Kier alpha value is -2.86. The lowest BCUT2D eigenvalue weighted by atomic mass is 9.96. The first-order valence-corrected chi connectivity index (χ1v) is 11.4. The minimum absolute atomic E-state index is 0.161. The Kier molecular flexibility index (Phi) is 5.99. The van der Waals surface area contributed by atoms with Crippen LogP contribution in [0, 0.1) is 5.41 Å². The summed E-state index contributed by atoms with van der Waals surface area (Å²) in [5.41, 5.74) is 4.66. The van der Waals surface area contributed by atoms with Crippen LogP contribution < -0.4 is 9.80 Å². The molecule has 6 heteroatoms. The summed E-state index contributed by atoms with van der Waals surface area (Å²) in [7, 11) is 2.04. The third-order valence-corrected chi connectivity index (χ3v) is 6.24. The Balaban J connectivity index is 1.52. The van der Waals surface area contributed by atoms with Crippen molar-refractivity contribution in [1.82, 2.24) is 14.8 Å². The molecule has 3 heterocycles. The Morgan fingerprint density at radius 1 is 1.09 bits per heavy atom. The second-order valence-corrected chi connectivity index (χ2v) is 10.1. The molecule has 0 aliphatic carbocycles. The first-order chi connectivity index (χ1) is 15.1. The lowest BCUT2D eigenvalue weighted by Gasteiger charge is -2.34. The van der Waals surface area contributed by atoms with Gasteiger partial charge in [0.15, 0.2) is 5.82 Å². The first-order valence-electron chi connectivity index (χ1n) is 11.4. The molecule has 4 rings (SSSR count). The van der Waals surface area contributed by atoms with Crippen LogP contribution in [0.1, 0.15) is 33.3 Å². The van der Waals surface area contributed by atoms with E-state index in [1.54, 1.807) is 6.92 Å². The largest absolute Gasteiger partial charge is 0.340 e. The van der Waals surface area contributed by atoms with Crippen LogP contribution in [0.25, 0.3) is 11.3 Å². The summed E-state index contributed by atoms with van der Waals surface area (Å²) in [5, 5.41) is 0. The van der Waals surface area contributed by atoms with E-state index in [-0.39, 0.29) is 11.3 Å². The van der Waals surface area contributed by atoms with Crippen LogP contribution in [0.2, 0.25) is 0 Å². The van der Waals surface area contributed by atoms with Crippen molar-refractivity contribution in [3.8, 4) is 11.3 Å². The van der Waals surface area contributed by atoms with Crippen LogP contribution in [-0.4, -0.2) is 60.5 Å². The van der Waals surface area contributed by atoms with Crippen molar-refractivity contribution in [2.45, 2.75) is 34.2 Å². The van der Waals surface area contributed by atoms with Crippen molar-refractivity contribution >= 4 is 17.4 Å². The van der Waals surface area contributed by atoms with E-state index in [0.29, 0.717) is 0 Å². The number of anilines is 2. The van der Waals surface area contributed by atoms with Crippen molar-refractivity contribution < 1.29 is 4.79 Å². The second kappa shape index (κ2) is 8.58. The van der Waals surface area contributed by atoms with Gasteiger partial charge in [-0.05, 0) is 29.2 Å². The summed E-state index contributed by atoms with van der Waals surface area (Å²) in [5.74, 6) is 2.10. The number of hydrogen-bond acceptors (Lipinski definition) is 5. The molecule has 2 aliphatic heterocycles. The molecule has 0 atom stereocenters. The number of pyridine rings is 1. The number of benzene rings is 1. The molecular formula is C26H35N5O. The quantitative estimate of drug-likeness (QED) is 0.723. The van der Waals surface area contributed by atoms with Gasteiger partial charge in [0.2, 0.25) is 5.91 Å². The van der Waals surface area contributed by atoms with E-state index in [9.17, 15) is 4.79 Å². The highest BCUT2D eigenvalue weighted by molar-refractivity contribution is 5.81. The molecule has 0 unspecified atom stereocenters. The van der Waals surface area contributed by atoms with Gasteiger partial charge < -0.3 is 14.7 Å². The molecule has 0 bridgehead atoms. The van der Waals surface area contributed by atoms with Gasteiger partial charge in [0.05, 0.1) is 11.4 Å². The Bertz CT molecular complexity index is 1020. The lowest BCUT2D eigenvalue weighted by molar-refractivity contribution is -0.130. The number of rotatable bonds is 4. The summed E-state index contributed by atoms with van der Waals surface area (Å²) in [6.45, 7) is 17.9. The topological polar surface area (TPSA) is 42.9 Å². The van der Waals surface area contributed by atoms with Crippen molar-refractivity contribution in [3.05, 3.63) is 54.4 Å². The summed E-state index contributed by atoms with van der Waals surface area (Å²) in [6.07, 6.45) is 0. The van der Waals surface area contributed by atoms with E-state index in [1.165, 1.54) is 5.56 Å². The Morgan fingerprint density at radius 2 is 1.81 bits per heavy atom. The third-order valence-electron chi connectivity index (χ3n) is 6.24. The third kappa shape index (κ3) is 4.65. The van der Waals surface area contributed by atoms with Gasteiger partial charge in [-0.15, -0.1) is 0 Å². The molecular weight excluding hydrogens is 398 g/mol. The highest BCUT2D eigenvalue weighted by Crippen LogP contribution is 2.41. The minimum atomic E-state index is 0.161. The van der Waals surface area contributed by atoms with Crippen LogP contribution >= 0.6 is 0 Å². The number of aromatic nitrogens is 1. The molecule has 1 fully saturated rings. The smallest absolute Gasteiger partial charge is 0.219 e. The number of fused-ring (bicyclic) bond motifs is 1. The number of carbonyl (C=O) groups excluding carboxylic acids is 1. The van der Waals surface area contributed by atoms with Gasteiger partial charge in [-0.25, -0.2) is 4.98 Å². The molecule has 1 aromatic carbocycles. The molecule has 1 saturated heterocycles. The van der Waals surface area contributed by atoms with Gasteiger partial charge in [-0.2, -0.15) is 0 Å². The Labute approximate surface area is 192 Å². The molecule has 0 spiro atoms. The zero-order valence-corrected chi connectivity index (χ0v) is 20.1. The maximum Gasteiger partial charge on any atom is 0.219 e. The highest BCUT2D eigenvalue weighted by Gasteiger charge is 2.31. The zero-order chi connectivity index (χ0) is 23.0. The maximum atomic E-state index is 11.6. The van der Waals surface area contributed by atoms with Crippen molar-refractivity contribution in [3.63, 3.8) is 0 Å². The predicted octanol–water partition coefficient (Wildman–Crippen LogP) is 4.19. The lowest BCUT2D eigenvalue weighted by Crippen LogP contribution is -2.47. The molecule has 170 valence electrons. The molecule has 6 nitrogen and oxygen atoms in total. The normalized spacial score (nSPS) is 17.2. The van der Waals surface area contributed by atoms with E-state index >= 15 is 0 Å². The fourth-order valence-corrected chi connectivity index (χ4v) is 4.46. The SMILES string of the molecule is C=C1N(C)c2nc(-c3cccc(CN4CCN(C(C)=O)CC4)c3)ccc2N1CC(C)(C)C. The summed E-state index contributed by atoms with van der Waals surface area (Å²) < 4.78 is 0. The molecule has 32 heavy (non-hydrogen) atoms. The summed E-state index contributed by atoms with van der Waals surface area (Å²) in [6, 6.07) is 12.9. The monoisotopic (exact) mass is 433 g/mol. The average molecular weight is 434 g/mol. The van der Waals surface area contributed by atoms with Crippen LogP contribution in [0.5, 0.6) is 0 Å². The molecule has 1 amide bonds. The van der Waals surface area contributed by atoms with Gasteiger partial charge in [0.1, 0.15) is 5.82 Å². The number of amides is 1. The van der Waals surface area contributed by atoms with Crippen molar-refractivity contribution in [2.24, 2.45) is 5.41 Å². The summed E-state index contributed by atoms with van der Waals surface area (Å²) in [4.78, 5) is 25.3. The van der Waals surface area contributed by atoms with Gasteiger partial charge in [0.25, 0.3) is 0 Å². The molecule has 2 aliphatic rings. The van der Waals surface area contributed by atoms with Crippen molar-refractivity contribution in [1.29, 1.82) is 0 Å². The maximum absolute atomic E-state index is 11.6. The second-order valence-electron chi connectivity index (χ2n) is 10.1.